The number of para-hydroxylation sites is 1. The van der Waals surface area contributed by atoms with Crippen molar-refractivity contribution in [1.29, 1.82) is 0 Å². The standard InChI is InChI=1S/C21H18N4O4S2/c1-30-14-6-4-5-13(11-14)22-20(26)16-7-2-3-8-17(16)25-31(28,29)15-9-10-18-19(12-15)24-21(27)23-18/h2-12,25H,1H3,(H,22,26)(H2,23,24,27). The molecule has 0 aliphatic rings. The highest BCUT2D eigenvalue weighted by Gasteiger charge is 2.19. The van der Waals surface area contributed by atoms with Gasteiger partial charge in [0.15, 0.2) is 0 Å². The highest BCUT2D eigenvalue weighted by molar-refractivity contribution is 7.98. The zero-order valence-electron chi connectivity index (χ0n) is 16.3. The molecule has 0 saturated heterocycles. The average Bonchev–Trinajstić information content (AvgIpc) is 3.13. The van der Waals surface area contributed by atoms with Crippen LogP contribution in [-0.2, 0) is 10.0 Å². The molecule has 1 amide bonds. The van der Waals surface area contributed by atoms with E-state index in [9.17, 15) is 18.0 Å². The van der Waals surface area contributed by atoms with Crippen LogP contribution in [0.1, 0.15) is 10.4 Å². The molecule has 0 saturated carbocycles. The van der Waals surface area contributed by atoms with Crippen LogP contribution >= 0.6 is 11.8 Å². The molecule has 0 aliphatic carbocycles. The molecule has 0 radical (unpaired) electrons. The molecule has 10 heteroatoms. The van der Waals surface area contributed by atoms with Crippen LogP contribution in [0.5, 0.6) is 0 Å². The maximum Gasteiger partial charge on any atom is 0.323 e. The first-order chi connectivity index (χ1) is 14.9. The predicted molar refractivity (Wildman–Crippen MR) is 122 cm³/mol. The molecule has 3 aromatic carbocycles. The van der Waals surface area contributed by atoms with E-state index in [2.05, 4.69) is 20.0 Å². The van der Waals surface area contributed by atoms with Gasteiger partial charge in [-0.25, -0.2) is 13.2 Å². The number of imidazole rings is 1. The molecule has 4 rings (SSSR count). The van der Waals surface area contributed by atoms with Gasteiger partial charge in [0.1, 0.15) is 0 Å². The molecule has 0 atom stereocenters. The summed E-state index contributed by atoms with van der Waals surface area (Å²) in [5.74, 6) is -0.443. The number of nitrogens with one attached hydrogen (secondary N) is 4. The van der Waals surface area contributed by atoms with Crippen LogP contribution in [0.3, 0.4) is 0 Å². The Bertz CT molecular complexity index is 1440. The van der Waals surface area contributed by atoms with Crippen molar-refractivity contribution in [1.82, 2.24) is 9.97 Å². The number of benzene rings is 3. The second-order valence-corrected chi connectivity index (χ2v) is 9.19. The van der Waals surface area contributed by atoms with E-state index in [1.165, 1.54) is 24.3 Å². The van der Waals surface area contributed by atoms with E-state index >= 15 is 0 Å². The van der Waals surface area contributed by atoms with Crippen molar-refractivity contribution in [2.24, 2.45) is 0 Å². The van der Waals surface area contributed by atoms with Crippen LogP contribution in [-0.4, -0.2) is 30.5 Å². The lowest BCUT2D eigenvalue weighted by molar-refractivity contribution is 0.102. The second kappa shape index (κ2) is 8.32. The predicted octanol–water partition coefficient (Wildman–Crippen LogP) is 3.63. The highest BCUT2D eigenvalue weighted by Crippen LogP contribution is 2.24. The minimum atomic E-state index is -4.00. The van der Waals surface area contributed by atoms with E-state index in [1.807, 2.05) is 24.5 Å². The first-order valence-electron chi connectivity index (χ1n) is 9.15. The van der Waals surface area contributed by atoms with Gasteiger partial charge in [0, 0.05) is 10.6 Å². The van der Waals surface area contributed by atoms with E-state index in [-0.39, 0.29) is 16.1 Å². The van der Waals surface area contributed by atoms with Crippen molar-refractivity contribution in [2.75, 3.05) is 16.3 Å². The number of hydrogen-bond acceptors (Lipinski definition) is 5. The number of carbonyl (C=O) groups is 1. The molecule has 0 bridgehead atoms. The number of H-pyrrole nitrogens is 2. The molecule has 1 heterocycles. The Morgan fingerprint density at radius 2 is 1.71 bits per heavy atom. The minimum Gasteiger partial charge on any atom is -0.322 e. The Morgan fingerprint density at radius 3 is 2.52 bits per heavy atom. The maximum atomic E-state index is 12.9. The topological polar surface area (TPSA) is 124 Å². The van der Waals surface area contributed by atoms with Crippen molar-refractivity contribution >= 4 is 50.1 Å². The van der Waals surface area contributed by atoms with Gasteiger partial charge in [-0.2, -0.15) is 0 Å². The van der Waals surface area contributed by atoms with Gasteiger partial charge < -0.3 is 15.3 Å². The number of amides is 1. The van der Waals surface area contributed by atoms with Crippen LogP contribution < -0.4 is 15.7 Å². The van der Waals surface area contributed by atoms with Gasteiger partial charge >= 0.3 is 5.69 Å². The van der Waals surface area contributed by atoms with Gasteiger partial charge in [-0.15, -0.1) is 11.8 Å². The van der Waals surface area contributed by atoms with Gasteiger partial charge in [0.2, 0.25) is 0 Å². The fourth-order valence-electron chi connectivity index (χ4n) is 3.05. The molecule has 4 N–H and O–H groups in total. The number of thioether (sulfide) groups is 1. The fourth-order valence-corrected chi connectivity index (χ4v) is 4.62. The normalized spacial score (nSPS) is 11.4. The summed E-state index contributed by atoms with van der Waals surface area (Å²) in [5.41, 5.74) is 1.37. The molecule has 1 aromatic heterocycles. The van der Waals surface area contributed by atoms with Crippen LogP contribution in [0.4, 0.5) is 11.4 Å². The summed E-state index contributed by atoms with van der Waals surface area (Å²) in [6.07, 6.45) is 1.94. The van der Waals surface area contributed by atoms with Crippen molar-refractivity contribution in [3.05, 3.63) is 82.8 Å². The molecule has 31 heavy (non-hydrogen) atoms. The zero-order chi connectivity index (χ0) is 22.0. The Hall–Kier alpha value is -3.50. The van der Waals surface area contributed by atoms with E-state index in [1.54, 1.807) is 36.0 Å². The average molecular weight is 455 g/mol. The third kappa shape index (κ3) is 4.49. The smallest absolute Gasteiger partial charge is 0.322 e. The number of rotatable bonds is 6. The van der Waals surface area contributed by atoms with Crippen LogP contribution in [0.15, 0.2) is 81.3 Å². The third-order valence-corrected chi connectivity index (χ3v) is 6.63. The van der Waals surface area contributed by atoms with E-state index in [0.29, 0.717) is 16.7 Å². The molecule has 4 aromatic rings. The SMILES string of the molecule is CSc1cccc(NC(=O)c2ccccc2NS(=O)(=O)c2ccc3[nH]c(=O)[nH]c3c2)c1. The summed E-state index contributed by atoms with van der Waals surface area (Å²) in [6.45, 7) is 0. The lowest BCUT2D eigenvalue weighted by Gasteiger charge is -2.13. The summed E-state index contributed by atoms with van der Waals surface area (Å²) >= 11 is 1.55. The van der Waals surface area contributed by atoms with E-state index in [4.69, 9.17) is 0 Å². The number of carbonyl (C=O) groups excluding carboxylic acids is 1. The molecule has 158 valence electrons. The number of aromatic nitrogens is 2. The molecule has 8 nitrogen and oxygen atoms in total. The Balaban J connectivity index is 1.62. The fraction of sp³-hybridized carbons (Fsp3) is 0.0476. The maximum absolute atomic E-state index is 12.9. The summed E-state index contributed by atoms with van der Waals surface area (Å²) < 4.78 is 28.3. The lowest BCUT2D eigenvalue weighted by atomic mass is 10.1. The van der Waals surface area contributed by atoms with Crippen LogP contribution in [0.25, 0.3) is 11.0 Å². The molecule has 0 unspecified atom stereocenters. The quantitative estimate of drug-likeness (QED) is 0.331. The van der Waals surface area contributed by atoms with Gasteiger partial charge in [-0.05, 0) is 54.8 Å². The van der Waals surface area contributed by atoms with Crippen LogP contribution in [0, 0.1) is 0 Å². The minimum absolute atomic E-state index is 0.0434. The Kier molecular flexibility index (Phi) is 5.57. The number of aromatic amines is 2. The zero-order valence-corrected chi connectivity index (χ0v) is 17.9. The molecule has 0 spiro atoms. The van der Waals surface area contributed by atoms with Gasteiger partial charge in [0.05, 0.1) is 27.2 Å². The van der Waals surface area contributed by atoms with Gasteiger partial charge in [0.25, 0.3) is 15.9 Å². The Morgan fingerprint density at radius 1 is 0.935 bits per heavy atom. The number of anilines is 2. The first-order valence-corrected chi connectivity index (χ1v) is 11.9. The summed E-state index contributed by atoms with van der Waals surface area (Å²) in [7, 11) is -4.00. The highest BCUT2D eigenvalue weighted by atomic mass is 32.2. The third-order valence-electron chi connectivity index (χ3n) is 4.54. The van der Waals surface area contributed by atoms with E-state index in [0.717, 1.165) is 4.90 Å². The molecule has 0 fully saturated rings. The molecular weight excluding hydrogens is 436 g/mol. The second-order valence-electron chi connectivity index (χ2n) is 6.62. The molecule has 0 aliphatic heterocycles. The largest absolute Gasteiger partial charge is 0.323 e. The van der Waals surface area contributed by atoms with Gasteiger partial charge in [-0.1, -0.05) is 18.2 Å². The summed E-state index contributed by atoms with van der Waals surface area (Å²) in [6, 6.07) is 17.9. The van der Waals surface area contributed by atoms with Crippen LogP contribution in [0.2, 0.25) is 0 Å². The number of fused-ring (bicyclic) bond motifs is 1. The lowest BCUT2D eigenvalue weighted by Crippen LogP contribution is -2.18. The van der Waals surface area contributed by atoms with Crippen molar-refractivity contribution in [3.8, 4) is 0 Å². The van der Waals surface area contributed by atoms with Crippen molar-refractivity contribution in [3.63, 3.8) is 0 Å². The number of sulfonamides is 1. The first kappa shape index (κ1) is 20.8. The molecular formula is C21H18N4O4S2. The van der Waals surface area contributed by atoms with E-state index < -0.39 is 21.6 Å². The summed E-state index contributed by atoms with van der Waals surface area (Å²) in [4.78, 5) is 30.3. The van der Waals surface area contributed by atoms with Crippen molar-refractivity contribution < 1.29 is 13.2 Å². The monoisotopic (exact) mass is 454 g/mol. The summed E-state index contributed by atoms with van der Waals surface area (Å²) in [5, 5.41) is 2.79. The Labute approximate surface area is 182 Å². The number of hydrogen-bond donors (Lipinski definition) is 4. The van der Waals surface area contributed by atoms with Gasteiger partial charge in [-0.3, -0.25) is 9.52 Å². The van der Waals surface area contributed by atoms with Crippen molar-refractivity contribution in [2.45, 2.75) is 9.79 Å².